The molecular formula is C19H26BrNO6Si. The Bertz CT molecular complexity index is 831. The van der Waals surface area contributed by atoms with Gasteiger partial charge in [-0.25, -0.2) is 0 Å². The Morgan fingerprint density at radius 2 is 1.96 bits per heavy atom. The SMILES string of the molecule is COc1ccc(-c2oc(NC(=O)CCCBr)c(O[Si](C)(C)C)c2O)c(OC)c1. The average Bonchev–Trinajstić information content (AvgIpc) is 2.93. The summed E-state index contributed by atoms with van der Waals surface area (Å²) in [7, 11) is 0.978. The maximum absolute atomic E-state index is 12.2. The smallest absolute Gasteiger partial charge is 0.245 e. The molecule has 0 aliphatic heterocycles. The number of carbonyl (C=O) groups excluding carboxylic acids is 1. The number of alkyl halides is 1. The van der Waals surface area contributed by atoms with Crippen LogP contribution in [-0.2, 0) is 4.79 Å². The molecule has 1 amide bonds. The van der Waals surface area contributed by atoms with Crippen LogP contribution in [0.15, 0.2) is 22.6 Å². The maximum Gasteiger partial charge on any atom is 0.245 e. The van der Waals surface area contributed by atoms with Crippen LogP contribution in [0.2, 0.25) is 19.6 Å². The lowest BCUT2D eigenvalue weighted by Gasteiger charge is -2.18. The van der Waals surface area contributed by atoms with Crippen molar-refractivity contribution in [1.29, 1.82) is 0 Å². The third kappa shape index (κ3) is 5.45. The molecule has 0 fully saturated rings. The molecule has 0 saturated carbocycles. The molecule has 0 unspecified atom stereocenters. The van der Waals surface area contributed by atoms with Crippen molar-refractivity contribution in [2.75, 3.05) is 24.9 Å². The number of amides is 1. The fraction of sp³-hybridized carbons (Fsp3) is 0.421. The molecule has 0 spiro atoms. The Morgan fingerprint density at radius 1 is 1.25 bits per heavy atom. The molecular weight excluding hydrogens is 446 g/mol. The number of hydrogen-bond acceptors (Lipinski definition) is 6. The Hall–Kier alpha value is -2.13. The van der Waals surface area contributed by atoms with Gasteiger partial charge in [-0.2, -0.15) is 0 Å². The van der Waals surface area contributed by atoms with Gasteiger partial charge in [0.25, 0.3) is 0 Å². The number of aromatic hydroxyl groups is 1. The van der Waals surface area contributed by atoms with E-state index >= 15 is 0 Å². The monoisotopic (exact) mass is 471 g/mol. The van der Waals surface area contributed by atoms with E-state index in [2.05, 4.69) is 21.2 Å². The Kier molecular flexibility index (Phi) is 7.42. The first-order valence-corrected chi connectivity index (χ1v) is 13.4. The van der Waals surface area contributed by atoms with Crippen molar-refractivity contribution in [2.24, 2.45) is 0 Å². The van der Waals surface area contributed by atoms with E-state index in [1.54, 1.807) is 25.3 Å². The van der Waals surface area contributed by atoms with Crippen molar-refractivity contribution in [3.05, 3.63) is 18.2 Å². The highest BCUT2D eigenvalue weighted by Gasteiger charge is 2.29. The molecule has 28 heavy (non-hydrogen) atoms. The predicted octanol–water partition coefficient (Wildman–Crippen LogP) is 5.00. The lowest BCUT2D eigenvalue weighted by molar-refractivity contribution is -0.116. The number of methoxy groups -OCH3 is 2. The molecule has 0 saturated heterocycles. The largest absolute Gasteiger partial charge is 0.538 e. The van der Waals surface area contributed by atoms with Crippen LogP contribution >= 0.6 is 15.9 Å². The van der Waals surface area contributed by atoms with Gasteiger partial charge in [-0.05, 0) is 38.2 Å². The first-order chi connectivity index (χ1) is 13.2. The molecule has 0 bridgehead atoms. The zero-order valence-electron chi connectivity index (χ0n) is 16.7. The van der Waals surface area contributed by atoms with E-state index in [4.69, 9.17) is 18.3 Å². The van der Waals surface area contributed by atoms with E-state index in [-0.39, 0.29) is 29.1 Å². The van der Waals surface area contributed by atoms with Gasteiger partial charge >= 0.3 is 0 Å². The second-order valence-corrected chi connectivity index (χ2v) is 12.3. The van der Waals surface area contributed by atoms with Crippen LogP contribution in [0.3, 0.4) is 0 Å². The molecule has 7 nitrogen and oxygen atoms in total. The van der Waals surface area contributed by atoms with Gasteiger partial charge in [0, 0.05) is 17.8 Å². The summed E-state index contributed by atoms with van der Waals surface area (Å²) in [4.78, 5) is 12.2. The number of halogens is 1. The van der Waals surface area contributed by atoms with Gasteiger partial charge in [0.1, 0.15) is 11.5 Å². The van der Waals surface area contributed by atoms with Gasteiger partial charge in [-0.1, -0.05) is 15.9 Å². The summed E-state index contributed by atoms with van der Waals surface area (Å²) in [5.41, 5.74) is 0.516. The standard InChI is InChI=1S/C19H26BrNO6Si/c1-24-12-8-9-13(14(11-12)25-2)17-16(23)18(27-28(3,4)5)19(26-17)21-15(22)7-6-10-20/h8-9,11,23H,6-7,10H2,1-5H3,(H,21,22). The zero-order chi connectivity index (χ0) is 20.9. The van der Waals surface area contributed by atoms with Gasteiger partial charge in [0.15, 0.2) is 5.76 Å². The van der Waals surface area contributed by atoms with Gasteiger partial charge in [-0.3, -0.25) is 10.1 Å². The van der Waals surface area contributed by atoms with Crippen LogP contribution in [0.4, 0.5) is 5.88 Å². The van der Waals surface area contributed by atoms with Crippen molar-refractivity contribution < 1.29 is 28.2 Å². The molecule has 0 aliphatic rings. The van der Waals surface area contributed by atoms with Gasteiger partial charge in [0.2, 0.25) is 31.6 Å². The zero-order valence-corrected chi connectivity index (χ0v) is 19.3. The second-order valence-electron chi connectivity index (χ2n) is 7.06. The summed E-state index contributed by atoms with van der Waals surface area (Å²) in [5.74, 6) is 1.05. The molecule has 9 heteroatoms. The van der Waals surface area contributed by atoms with E-state index in [0.29, 0.717) is 29.9 Å². The summed E-state index contributed by atoms with van der Waals surface area (Å²) in [5, 5.41) is 14.2. The van der Waals surface area contributed by atoms with Crippen LogP contribution in [0.5, 0.6) is 23.0 Å². The quantitative estimate of drug-likeness (QED) is 0.395. The molecule has 1 aromatic heterocycles. The normalized spacial score (nSPS) is 11.2. The first-order valence-electron chi connectivity index (χ1n) is 8.83. The second kappa shape index (κ2) is 9.38. The van der Waals surface area contributed by atoms with E-state index in [0.717, 1.165) is 5.33 Å². The molecule has 2 aromatic rings. The van der Waals surface area contributed by atoms with E-state index < -0.39 is 8.32 Å². The fourth-order valence-corrected chi connectivity index (χ4v) is 3.56. The number of hydrogen-bond donors (Lipinski definition) is 2. The molecule has 154 valence electrons. The third-order valence-electron chi connectivity index (χ3n) is 3.69. The number of furan rings is 1. The number of carbonyl (C=O) groups is 1. The summed E-state index contributed by atoms with van der Waals surface area (Å²) >= 11 is 3.30. The van der Waals surface area contributed by atoms with Crippen molar-refractivity contribution >= 4 is 36.0 Å². The minimum absolute atomic E-state index is 0.0902. The van der Waals surface area contributed by atoms with Crippen LogP contribution in [0.1, 0.15) is 12.8 Å². The Morgan fingerprint density at radius 3 is 2.54 bits per heavy atom. The fourth-order valence-electron chi connectivity index (χ4n) is 2.48. The molecule has 1 aromatic carbocycles. The van der Waals surface area contributed by atoms with E-state index in [1.807, 2.05) is 19.6 Å². The summed E-state index contributed by atoms with van der Waals surface area (Å²) < 4.78 is 22.4. The first kappa shape index (κ1) is 22.2. The molecule has 2 N–H and O–H groups in total. The molecule has 0 aliphatic carbocycles. The summed E-state index contributed by atoms with van der Waals surface area (Å²) in [6.07, 6.45) is 1.00. The van der Waals surface area contributed by atoms with Crippen LogP contribution in [0, 0.1) is 0 Å². The lowest BCUT2D eigenvalue weighted by Crippen LogP contribution is -2.29. The van der Waals surface area contributed by atoms with Crippen LogP contribution in [0.25, 0.3) is 11.3 Å². The summed E-state index contributed by atoms with van der Waals surface area (Å²) in [6.45, 7) is 5.93. The van der Waals surface area contributed by atoms with E-state index in [1.165, 1.54) is 7.11 Å². The predicted molar refractivity (Wildman–Crippen MR) is 115 cm³/mol. The number of rotatable bonds is 9. The van der Waals surface area contributed by atoms with Gasteiger partial charge in [0.05, 0.1) is 19.8 Å². The lowest BCUT2D eigenvalue weighted by atomic mass is 10.1. The average molecular weight is 472 g/mol. The van der Waals surface area contributed by atoms with Crippen LogP contribution in [-0.4, -0.2) is 38.9 Å². The minimum atomic E-state index is -2.09. The molecule has 2 rings (SSSR count). The number of anilines is 1. The van der Waals surface area contributed by atoms with Gasteiger partial charge < -0.3 is 23.4 Å². The minimum Gasteiger partial charge on any atom is -0.538 e. The van der Waals surface area contributed by atoms with Crippen molar-refractivity contribution in [2.45, 2.75) is 32.5 Å². The third-order valence-corrected chi connectivity index (χ3v) is 5.07. The Labute approximate surface area is 174 Å². The summed E-state index contributed by atoms with van der Waals surface area (Å²) in [6, 6.07) is 5.13. The van der Waals surface area contributed by atoms with E-state index in [9.17, 15) is 9.90 Å². The molecule has 0 radical (unpaired) electrons. The topological polar surface area (TPSA) is 90.2 Å². The number of benzene rings is 1. The number of nitrogens with one attached hydrogen (secondary N) is 1. The highest BCUT2D eigenvalue weighted by molar-refractivity contribution is 9.09. The highest BCUT2D eigenvalue weighted by Crippen LogP contribution is 2.49. The molecule has 1 heterocycles. The highest BCUT2D eigenvalue weighted by atomic mass is 79.9. The van der Waals surface area contributed by atoms with Crippen LogP contribution < -0.4 is 19.2 Å². The van der Waals surface area contributed by atoms with Crippen molar-refractivity contribution in [3.8, 4) is 34.3 Å². The number of ether oxygens (including phenoxy) is 2. The van der Waals surface area contributed by atoms with Crippen molar-refractivity contribution in [1.82, 2.24) is 0 Å². The van der Waals surface area contributed by atoms with Gasteiger partial charge in [-0.15, -0.1) is 0 Å². The maximum atomic E-state index is 12.2. The van der Waals surface area contributed by atoms with Crippen molar-refractivity contribution in [3.63, 3.8) is 0 Å². The Balaban J connectivity index is 2.51. The molecule has 0 atom stereocenters.